The first-order valence-corrected chi connectivity index (χ1v) is 7.13. The molecule has 2 heterocycles. The van der Waals surface area contributed by atoms with E-state index >= 15 is 0 Å². The number of carboxylic acids is 1. The molecule has 118 valence electrons. The minimum atomic E-state index is -1.09. The molecule has 22 heavy (non-hydrogen) atoms. The minimum absolute atomic E-state index is 0.0551. The van der Waals surface area contributed by atoms with E-state index in [1.165, 1.54) is 19.1 Å². The van der Waals surface area contributed by atoms with E-state index in [1.54, 1.807) is 4.90 Å². The molecule has 0 saturated carbocycles. The standard InChI is InChI=1S/C15H19N3O4/c1-8(2)18-7-6-12(14(18)20)17-13(19)11-5-4-10(15(21)22)9(3)16-11/h4-5,8,12H,6-7H2,1-3H3,(H,17,19)(H,21,22). The maximum absolute atomic E-state index is 12.2. The van der Waals surface area contributed by atoms with Crippen LogP contribution in [0.2, 0.25) is 0 Å². The summed E-state index contributed by atoms with van der Waals surface area (Å²) in [7, 11) is 0. The Balaban J connectivity index is 2.09. The molecule has 0 spiro atoms. The molecule has 1 aromatic heterocycles. The van der Waals surface area contributed by atoms with Gasteiger partial charge in [0.15, 0.2) is 0 Å². The van der Waals surface area contributed by atoms with Gasteiger partial charge in [-0.15, -0.1) is 0 Å². The second-order valence-electron chi connectivity index (χ2n) is 5.57. The molecule has 1 atom stereocenters. The second-order valence-corrected chi connectivity index (χ2v) is 5.57. The largest absolute Gasteiger partial charge is 0.478 e. The summed E-state index contributed by atoms with van der Waals surface area (Å²) in [6.45, 7) is 6.00. The third kappa shape index (κ3) is 3.08. The van der Waals surface area contributed by atoms with Crippen molar-refractivity contribution in [1.82, 2.24) is 15.2 Å². The average Bonchev–Trinajstić information content (AvgIpc) is 2.79. The quantitative estimate of drug-likeness (QED) is 0.858. The third-order valence-corrected chi connectivity index (χ3v) is 3.72. The fourth-order valence-corrected chi connectivity index (χ4v) is 2.49. The van der Waals surface area contributed by atoms with Gasteiger partial charge in [0.1, 0.15) is 11.7 Å². The molecule has 2 rings (SSSR count). The highest BCUT2D eigenvalue weighted by atomic mass is 16.4. The minimum Gasteiger partial charge on any atom is -0.478 e. The number of carboxylic acid groups (broad SMARTS) is 1. The van der Waals surface area contributed by atoms with E-state index in [2.05, 4.69) is 10.3 Å². The Morgan fingerprint density at radius 3 is 2.59 bits per heavy atom. The molecule has 0 bridgehead atoms. The Labute approximate surface area is 128 Å². The number of nitrogens with one attached hydrogen (secondary N) is 1. The Hall–Kier alpha value is -2.44. The fourth-order valence-electron chi connectivity index (χ4n) is 2.49. The van der Waals surface area contributed by atoms with Crippen molar-refractivity contribution in [3.63, 3.8) is 0 Å². The Bertz CT molecular complexity index is 627. The van der Waals surface area contributed by atoms with Gasteiger partial charge in [-0.1, -0.05) is 0 Å². The van der Waals surface area contributed by atoms with Crippen LogP contribution in [0.3, 0.4) is 0 Å². The van der Waals surface area contributed by atoms with Gasteiger partial charge in [0, 0.05) is 12.6 Å². The zero-order chi connectivity index (χ0) is 16.4. The monoisotopic (exact) mass is 305 g/mol. The summed E-state index contributed by atoms with van der Waals surface area (Å²) < 4.78 is 0. The van der Waals surface area contributed by atoms with Gasteiger partial charge < -0.3 is 15.3 Å². The summed E-state index contributed by atoms with van der Waals surface area (Å²) in [5.74, 6) is -1.65. The molecule has 1 aromatic rings. The van der Waals surface area contributed by atoms with Crippen LogP contribution in [-0.4, -0.2) is 51.4 Å². The lowest BCUT2D eigenvalue weighted by Crippen LogP contribution is -2.43. The molecule has 0 radical (unpaired) electrons. The number of aryl methyl sites for hydroxylation is 1. The molecule has 7 heteroatoms. The van der Waals surface area contributed by atoms with E-state index in [4.69, 9.17) is 5.11 Å². The molecular weight excluding hydrogens is 286 g/mol. The maximum atomic E-state index is 12.2. The van der Waals surface area contributed by atoms with Gasteiger partial charge in [-0.05, 0) is 39.3 Å². The first-order chi connectivity index (χ1) is 10.3. The number of hydrogen-bond acceptors (Lipinski definition) is 4. The Kier molecular flexibility index (Phi) is 4.44. The van der Waals surface area contributed by atoms with Crippen LogP contribution in [0.1, 0.15) is 46.8 Å². The topological polar surface area (TPSA) is 99.6 Å². The van der Waals surface area contributed by atoms with Crippen LogP contribution in [0.25, 0.3) is 0 Å². The fraction of sp³-hybridized carbons (Fsp3) is 0.467. The predicted molar refractivity (Wildman–Crippen MR) is 78.7 cm³/mol. The lowest BCUT2D eigenvalue weighted by molar-refractivity contribution is -0.130. The lowest BCUT2D eigenvalue weighted by atomic mass is 10.1. The van der Waals surface area contributed by atoms with Gasteiger partial charge in [-0.3, -0.25) is 9.59 Å². The molecule has 1 aliphatic rings. The second kappa shape index (κ2) is 6.13. The van der Waals surface area contributed by atoms with E-state index in [0.717, 1.165) is 0 Å². The van der Waals surface area contributed by atoms with Gasteiger partial charge in [0.25, 0.3) is 5.91 Å². The lowest BCUT2D eigenvalue weighted by Gasteiger charge is -2.21. The average molecular weight is 305 g/mol. The van der Waals surface area contributed by atoms with Crippen LogP contribution in [-0.2, 0) is 4.79 Å². The van der Waals surface area contributed by atoms with Crippen molar-refractivity contribution in [2.45, 2.75) is 39.3 Å². The van der Waals surface area contributed by atoms with Crippen molar-refractivity contribution >= 4 is 17.8 Å². The molecule has 1 saturated heterocycles. The number of carbonyl (C=O) groups excluding carboxylic acids is 2. The highest BCUT2D eigenvalue weighted by molar-refractivity contribution is 5.97. The van der Waals surface area contributed by atoms with Crippen molar-refractivity contribution in [2.75, 3.05) is 6.54 Å². The van der Waals surface area contributed by atoms with Crippen LogP contribution in [0.5, 0.6) is 0 Å². The molecule has 2 N–H and O–H groups in total. The van der Waals surface area contributed by atoms with Gasteiger partial charge >= 0.3 is 5.97 Å². The first-order valence-electron chi connectivity index (χ1n) is 7.13. The highest BCUT2D eigenvalue weighted by Crippen LogP contribution is 2.15. The first kappa shape index (κ1) is 15.9. The van der Waals surface area contributed by atoms with Gasteiger partial charge in [0.05, 0.1) is 11.3 Å². The summed E-state index contributed by atoms with van der Waals surface area (Å²) in [6, 6.07) is 2.25. The zero-order valence-electron chi connectivity index (χ0n) is 12.8. The number of rotatable bonds is 4. The maximum Gasteiger partial charge on any atom is 0.337 e. The van der Waals surface area contributed by atoms with Crippen LogP contribution < -0.4 is 5.32 Å². The Morgan fingerprint density at radius 2 is 2.09 bits per heavy atom. The number of aromatic carboxylic acids is 1. The number of pyridine rings is 1. The van der Waals surface area contributed by atoms with Crippen LogP contribution in [0.4, 0.5) is 0 Å². The van der Waals surface area contributed by atoms with Crippen molar-refractivity contribution < 1.29 is 19.5 Å². The third-order valence-electron chi connectivity index (χ3n) is 3.72. The smallest absolute Gasteiger partial charge is 0.337 e. The summed E-state index contributed by atoms with van der Waals surface area (Å²) in [5, 5.41) is 11.6. The SMILES string of the molecule is Cc1nc(C(=O)NC2CCN(C(C)C)C2=O)ccc1C(=O)O. The van der Waals surface area contributed by atoms with E-state index in [0.29, 0.717) is 13.0 Å². The number of hydrogen-bond donors (Lipinski definition) is 2. The van der Waals surface area contributed by atoms with Crippen molar-refractivity contribution in [1.29, 1.82) is 0 Å². The van der Waals surface area contributed by atoms with E-state index in [9.17, 15) is 14.4 Å². The molecule has 1 aliphatic heterocycles. The van der Waals surface area contributed by atoms with E-state index in [1.807, 2.05) is 13.8 Å². The predicted octanol–water partition coefficient (Wildman–Crippen LogP) is 0.827. The number of amides is 2. The summed E-state index contributed by atoms with van der Waals surface area (Å²) in [4.78, 5) is 41.0. The molecule has 0 aromatic carbocycles. The van der Waals surface area contributed by atoms with Crippen LogP contribution >= 0.6 is 0 Å². The molecule has 1 fully saturated rings. The molecule has 2 amide bonds. The van der Waals surface area contributed by atoms with Gasteiger partial charge in [-0.2, -0.15) is 0 Å². The number of nitrogens with zero attached hydrogens (tertiary/aromatic N) is 2. The van der Waals surface area contributed by atoms with Crippen LogP contribution in [0, 0.1) is 6.92 Å². The molecule has 1 unspecified atom stereocenters. The Morgan fingerprint density at radius 1 is 1.41 bits per heavy atom. The van der Waals surface area contributed by atoms with Crippen molar-refractivity contribution in [2.24, 2.45) is 0 Å². The zero-order valence-corrected chi connectivity index (χ0v) is 12.8. The normalized spacial score (nSPS) is 17.9. The summed E-state index contributed by atoms with van der Waals surface area (Å²) in [6.07, 6.45) is 0.564. The number of likely N-dealkylation sites (tertiary alicyclic amines) is 1. The van der Waals surface area contributed by atoms with Gasteiger partial charge in [0.2, 0.25) is 5.91 Å². The molecule has 7 nitrogen and oxygen atoms in total. The van der Waals surface area contributed by atoms with Crippen LogP contribution in [0.15, 0.2) is 12.1 Å². The molecular formula is C15H19N3O4. The number of aromatic nitrogens is 1. The van der Waals surface area contributed by atoms with Crippen molar-refractivity contribution in [3.8, 4) is 0 Å². The molecule has 0 aliphatic carbocycles. The van der Waals surface area contributed by atoms with E-state index < -0.39 is 17.9 Å². The summed E-state index contributed by atoms with van der Waals surface area (Å²) >= 11 is 0. The van der Waals surface area contributed by atoms with Crippen molar-refractivity contribution in [3.05, 3.63) is 29.1 Å². The number of carbonyl (C=O) groups is 3. The summed E-state index contributed by atoms with van der Waals surface area (Å²) in [5.41, 5.74) is 0.430. The highest BCUT2D eigenvalue weighted by Gasteiger charge is 2.34. The van der Waals surface area contributed by atoms with Gasteiger partial charge in [-0.25, -0.2) is 9.78 Å². The van der Waals surface area contributed by atoms with E-state index in [-0.39, 0.29) is 28.9 Å².